The number of hydrogen-bond donors (Lipinski definition) is 0. The summed E-state index contributed by atoms with van der Waals surface area (Å²) in [4.78, 5) is 5.08. The summed E-state index contributed by atoms with van der Waals surface area (Å²) in [6.07, 6.45) is 0. The number of fused-ring (bicyclic) bond motifs is 8. The minimum atomic E-state index is 0.889. The molecule has 0 saturated heterocycles. The van der Waals surface area contributed by atoms with Crippen molar-refractivity contribution in [1.82, 2.24) is 0 Å². The Morgan fingerprint density at radius 1 is 0.212 bits per heavy atom. The van der Waals surface area contributed by atoms with Crippen LogP contribution in [0.4, 0.5) is 0 Å². The highest BCUT2D eigenvalue weighted by atomic mass is 32.1. The molecule has 0 unspecified atom stereocenters. The highest BCUT2D eigenvalue weighted by Crippen LogP contribution is 2.55. The summed E-state index contributed by atoms with van der Waals surface area (Å²) in [5, 5.41) is 9.88. The van der Waals surface area contributed by atoms with Crippen LogP contribution >= 0.6 is 34.0 Å². The second kappa shape index (κ2) is 19.2. The summed E-state index contributed by atoms with van der Waals surface area (Å²) in [5.41, 5.74) is 18.9. The third-order valence-corrected chi connectivity index (χ3v) is 19.8. The maximum Gasteiger partial charge on any atom is 0.136 e. The first-order valence-electron chi connectivity index (χ1n) is 27.1. The second-order valence-corrected chi connectivity index (χ2v) is 23.6. The monoisotopic (exact) mass is 1070 g/mol. The smallest absolute Gasteiger partial charge is 0.136 e. The van der Waals surface area contributed by atoms with E-state index in [0.29, 0.717) is 0 Å². The molecule has 0 aliphatic carbocycles. The van der Waals surface area contributed by atoms with Crippen LogP contribution in [0.3, 0.4) is 0 Å². The van der Waals surface area contributed by atoms with E-state index >= 15 is 0 Å². The minimum Gasteiger partial charge on any atom is -0.456 e. The summed E-state index contributed by atoms with van der Waals surface area (Å²) < 4.78 is 9.24. The van der Waals surface area contributed by atoms with Crippen LogP contribution in [0, 0.1) is 0 Å². The van der Waals surface area contributed by atoms with Crippen molar-refractivity contribution in [2.45, 2.75) is 0 Å². The summed E-state index contributed by atoms with van der Waals surface area (Å²) in [6.45, 7) is 0. The lowest BCUT2D eigenvalue weighted by atomic mass is 9.91. The van der Waals surface area contributed by atoms with E-state index in [2.05, 4.69) is 279 Å². The predicted molar refractivity (Wildman–Crippen MR) is 346 cm³/mol. The van der Waals surface area contributed by atoms with Gasteiger partial charge in [-0.05, 0) is 79.9 Å². The molecule has 0 atom stereocenters. The Labute approximate surface area is 475 Å². The molecule has 374 valence electrons. The number of thiophene rings is 3. The van der Waals surface area contributed by atoms with Crippen LogP contribution < -0.4 is 0 Å². The summed E-state index contributed by atoms with van der Waals surface area (Å²) in [7, 11) is 0. The molecule has 0 amide bonds. The molecule has 16 rings (SSSR count). The maximum absolute atomic E-state index is 6.67. The van der Waals surface area contributed by atoms with E-state index in [1.54, 1.807) is 0 Å². The third kappa shape index (κ3) is 7.56. The van der Waals surface area contributed by atoms with Crippen molar-refractivity contribution < 1.29 is 4.42 Å². The van der Waals surface area contributed by atoms with Crippen LogP contribution in [0.2, 0.25) is 0 Å². The molecule has 0 bridgehead atoms. The highest BCUT2D eigenvalue weighted by Gasteiger charge is 2.26. The van der Waals surface area contributed by atoms with Gasteiger partial charge < -0.3 is 4.42 Å². The van der Waals surface area contributed by atoms with Gasteiger partial charge >= 0.3 is 0 Å². The lowest BCUT2D eigenvalue weighted by Crippen LogP contribution is -1.87. The van der Waals surface area contributed by atoms with E-state index in [0.717, 1.165) is 27.5 Å². The molecule has 0 aliphatic rings. The van der Waals surface area contributed by atoms with E-state index in [-0.39, 0.29) is 0 Å². The van der Waals surface area contributed by atoms with E-state index in [4.69, 9.17) is 4.42 Å². The summed E-state index contributed by atoms with van der Waals surface area (Å²) in [6, 6.07) is 102. The van der Waals surface area contributed by atoms with Gasteiger partial charge in [0.05, 0.1) is 0 Å². The highest BCUT2D eigenvalue weighted by molar-refractivity contribution is 7.26. The first kappa shape index (κ1) is 46.7. The molecule has 0 saturated carbocycles. The Hall–Kier alpha value is -9.42. The fourth-order valence-electron chi connectivity index (χ4n) is 12.4. The first-order valence-corrected chi connectivity index (χ1v) is 29.6. The molecule has 0 radical (unpaired) electrons. The van der Waals surface area contributed by atoms with Crippen LogP contribution in [0.1, 0.15) is 0 Å². The normalized spacial score (nSPS) is 11.8. The average Bonchev–Trinajstić information content (AvgIpc) is 4.47. The van der Waals surface area contributed by atoms with Gasteiger partial charge in [-0.15, -0.1) is 34.0 Å². The Morgan fingerprint density at radius 3 is 1.15 bits per heavy atom. The van der Waals surface area contributed by atoms with Crippen molar-refractivity contribution in [2.75, 3.05) is 0 Å². The second-order valence-electron chi connectivity index (χ2n) is 20.5. The number of rotatable bonds is 9. The van der Waals surface area contributed by atoms with Gasteiger partial charge in [-0.3, -0.25) is 0 Å². The molecule has 4 aromatic heterocycles. The van der Waals surface area contributed by atoms with Crippen molar-refractivity contribution in [2.24, 2.45) is 0 Å². The quantitative estimate of drug-likeness (QED) is 0.140. The summed E-state index contributed by atoms with van der Waals surface area (Å²) in [5.74, 6) is 0. The van der Waals surface area contributed by atoms with Gasteiger partial charge in [-0.2, -0.15) is 0 Å². The minimum absolute atomic E-state index is 0.889. The van der Waals surface area contributed by atoms with Crippen LogP contribution in [0.5, 0.6) is 0 Å². The molecular weight excluding hydrogens is 1030 g/mol. The van der Waals surface area contributed by atoms with Crippen LogP contribution in [0.25, 0.3) is 161 Å². The number of para-hydroxylation sites is 1. The number of benzene rings is 12. The standard InChI is InChI=1S/C76H46OS3/c1-4-21-47(22-5-1)52-27-10-12-29-57(52)73-59-31-14-16-33-61(59)75(79-73)70-54(43-45-66-68(70)63-35-18-19-38-65(63)77-66)50-39-41-51(42-40-50)56-36-20-37-64-69-67(78-72(56)64)46-44-55(49-25-8-3-9-26-49)71(69)76-62-34-17-15-32-60(62)74(80-76)58-30-13-11-28-53(58)48-23-6-2-7-24-48/h1-46H. The van der Waals surface area contributed by atoms with Gasteiger partial charge in [0.2, 0.25) is 0 Å². The Kier molecular flexibility index (Phi) is 11.2. The van der Waals surface area contributed by atoms with E-state index < -0.39 is 0 Å². The molecule has 0 aliphatic heterocycles. The zero-order valence-electron chi connectivity index (χ0n) is 43.2. The molecule has 4 heteroatoms. The van der Waals surface area contributed by atoms with Crippen molar-refractivity contribution >= 4 is 97.7 Å². The van der Waals surface area contributed by atoms with Gasteiger partial charge in [0.1, 0.15) is 11.2 Å². The Balaban J connectivity index is 0.871. The van der Waals surface area contributed by atoms with E-state index in [1.165, 1.54) is 134 Å². The molecule has 0 N–H and O–H groups in total. The van der Waals surface area contributed by atoms with E-state index in [9.17, 15) is 0 Å². The molecule has 0 spiro atoms. The Morgan fingerprint density at radius 2 is 0.600 bits per heavy atom. The SMILES string of the molecule is c1ccc(-c2ccccc2-c2sc(-c3c(-c4ccc(-c5cccc6c5sc5ccc(-c7ccccc7)c(-c7sc(-c8ccccc8-c8ccccc8)c8ccccc78)c56)cc4)ccc4oc5ccccc5c34)c3ccccc23)cc1. The van der Waals surface area contributed by atoms with Crippen LogP contribution in [-0.4, -0.2) is 0 Å². The topological polar surface area (TPSA) is 13.1 Å². The van der Waals surface area contributed by atoms with Gasteiger partial charge in [-0.25, -0.2) is 0 Å². The maximum atomic E-state index is 6.67. The van der Waals surface area contributed by atoms with Gasteiger partial charge in [0, 0.05) is 94.3 Å². The first-order chi connectivity index (χ1) is 39.7. The molecule has 12 aromatic carbocycles. The Bertz CT molecular complexity index is 5040. The molecule has 4 heterocycles. The van der Waals surface area contributed by atoms with Crippen molar-refractivity contribution in [3.05, 3.63) is 279 Å². The zero-order valence-corrected chi connectivity index (χ0v) is 45.6. The van der Waals surface area contributed by atoms with Crippen LogP contribution in [0.15, 0.2) is 283 Å². The predicted octanol–water partition coefficient (Wildman–Crippen LogP) is 23.4. The molecular formula is C76H46OS3. The fourth-order valence-corrected chi connectivity index (χ4v) is 16.4. The van der Waals surface area contributed by atoms with Gasteiger partial charge in [0.15, 0.2) is 0 Å². The fraction of sp³-hybridized carbons (Fsp3) is 0. The van der Waals surface area contributed by atoms with Crippen molar-refractivity contribution in [3.8, 4) is 97.4 Å². The number of hydrogen-bond acceptors (Lipinski definition) is 4. The molecule has 16 aromatic rings. The van der Waals surface area contributed by atoms with Crippen LogP contribution in [-0.2, 0) is 0 Å². The number of furan rings is 1. The molecule has 1 nitrogen and oxygen atoms in total. The molecule has 80 heavy (non-hydrogen) atoms. The average molecular weight is 1070 g/mol. The zero-order chi connectivity index (χ0) is 52.7. The van der Waals surface area contributed by atoms with Gasteiger partial charge in [-0.1, -0.05) is 255 Å². The van der Waals surface area contributed by atoms with Crippen molar-refractivity contribution in [3.63, 3.8) is 0 Å². The lowest BCUT2D eigenvalue weighted by molar-refractivity contribution is 0.669. The largest absolute Gasteiger partial charge is 0.456 e. The van der Waals surface area contributed by atoms with Gasteiger partial charge in [0.25, 0.3) is 0 Å². The summed E-state index contributed by atoms with van der Waals surface area (Å²) >= 11 is 5.72. The van der Waals surface area contributed by atoms with Crippen molar-refractivity contribution in [1.29, 1.82) is 0 Å². The van der Waals surface area contributed by atoms with E-state index in [1.807, 2.05) is 34.0 Å². The lowest BCUT2D eigenvalue weighted by Gasteiger charge is -2.13. The third-order valence-electron chi connectivity index (χ3n) is 16.0. The molecule has 0 fully saturated rings.